The number of ether oxygens (including phenoxy) is 2. The van der Waals surface area contributed by atoms with E-state index in [-0.39, 0.29) is 12.6 Å². The van der Waals surface area contributed by atoms with Gasteiger partial charge in [0.1, 0.15) is 6.10 Å². The third-order valence-corrected chi connectivity index (χ3v) is 5.98. The van der Waals surface area contributed by atoms with E-state index in [1.807, 2.05) is 25.3 Å². The minimum absolute atomic E-state index is 0.0512. The summed E-state index contributed by atoms with van der Waals surface area (Å²) in [6.07, 6.45) is 1.13. The van der Waals surface area contributed by atoms with Crippen molar-refractivity contribution in [2.24, 2.45) is 7.05 Å². The van der Waals surface area contributed by atoms with Crippen LogP contribution in [-0.4, -0.2) is 65.4 Å². The maximum atomic E-state index is 15.0. The number of nitrogens with zero attached hydrogens (tertiary/aromatic N) is 6. The molecule has 4 aromatic heterocycles. The first-order chi connectivity index (χ1) is 17.2. The van der Waals surface area contributed by atoms with Crippen LogP contribution < -0.4 is 10.6 Å². The minimum Gasteiger partial charge on any atom is -0.441 e. The molecule has 0 unspecified atom stereocenters. The molecular formula is C23H28FN9O3. The number of rotatable bonds is 6. The molecule has 1 fully saturated rings. The van der Waals surface area contributed by atoms with E-state index in [4.69, 9.17) is 14.5 Å². The fraction of sp³-hybridized carbons (Fsp3) is 0.435. The number of alkyl halides is 1. The molecule has 0 bridgehead atoms. The normalized spacial score (nSPS) is 19.8. The summed E-state index contributed by atoms with van der Waals surface area (Å²) in [7, 11) is 1.88. The van der Waals surface area contributed by atoms with Crippen molar-refractivity contribution >= 4 is 23.5 Å². The van der Waals surface area contributed by atoms with Gasteiger partial charge in [-0.05, 0) is 33.3 Å². The molecule has 0 aromatic carbocycles. The third-order valence-electron chi connectivity index (χ3n) is 5.98. The first-order valence-corrected chi connectivity index (χ1v) is 11.6. The zero-order valence-electron chi connectivity index (χ0n) is 20.6. The van der Waals surface area contributed by atoms with Gasteiger partial charge in [-0.15, -0.1) is 0 Å². The summed E-state index contributed by atoms with van der Waals surface area (Å²) in [4.78, 5) is 21.1. The first kappa shape index (κ1) is 23.7. The number of carbonyl (C=O) groups excluding carboxylic acids is 1. The molecule has 4 aromatic rings. The zero-order chi connectivity index (χ0) is 25.6. The van der Waals surface area contributed by atoms with Crippen LogP contribution in [0, 0.1) is 13.8 Å². The zero-order valence-corrected chi connectivity index (χ0v) is 20.6. The Kier molecular flexibility index (Phi) is 6.08. The number of nitrogens with one attached hydrogen (secondary N) is 3. The Morgan fingerprint density at radius 1 is 1.36 bits per heavy atom. The summed E-state index contributed by atoms with van der Waals surface area (Å²) in [6.45, 7) is 7.44. The van der Waals surface area contributed by atoms with Gasteiger partial charge >= 0.3 is 6.09 Å². The smallest absolute Gasteiger partial charge is 0.407 e. The van der Waals surface area contributed by atoms with E-state index in [0.29, 0.717) is 17.5 Å². The van der Waals surface area contributed by atoms with Crippen molar-refractivity contribution < 1.29 is 18.7 Å². The SMILES string of the molecule is Cc1cnn(C)c1-c1c(C)nc(Nc2cc([C@H]3OC[C@@H](OC(=O)NC(C)C)[C@H]3F)[nH]n2)n2ccnc12. The highest BCUT2D eigenvalue weighted by Crippen LogP contribution is 2.34. The van der Waals surface area contributed by atoms with Gasteiger partial charge in [0, 0.05) is 31.5 Å². The van der Waals surface area contributed by atoms with Crippen molar-refractivity contribution in [3.8, 4) is 11.3 Å². The van der Waals surface area contributed by atoms with Gasteiger partial charge in [-0.25, -0.2) is 19.2 Å². The number of alkyl carbamates (subject to hydrolysis) is 1. The molecule has 1 aliphatic rings. The number of amides is 1. The highest BCUT2D eigenvalue weighted by molar-refractivity contribution is 5.80. The molecule has 13 heteroatoms. The Morgan fingerprint density at radius 2 is 2.17 bits per heavy atom. The van der Waals surface area contributed by atoms with Crippen molar-refractivity contribution in [3.05, 3.63) is 41.6 Å². The van der Waals surface area contributed by atoms with E-state index in [9.17, 15) is 4.79 Å². The van der Waals surface area contributed by atoms with Gasteiger partial charge in [0.25, 0.3) is 0 Å². The molecule has 0 aliphatic carbocycles. The van der Waals surface area contributed by atoms with E-state index in [2.05, 4.69) is 30.9 Å². The largest absolute Gasteiger partial charge is 0.441 e. The van der Waals surface area contributed by atoms with Crippen molar-refractivity contribution in [3.63, 3.8) is 0 Å². The molecule has 3 atom stereocenters. The van der Waals surface area contributed by atoms with Crippen molar-refractivity contribution in [1.29, 1.82) is 0 Å². The van der Waals surface area contributed by atoms with Crippen LogP contribution >= 0.6 is 0 Å². The van der Waals surface area contributed by atoms with E-state index >= 15 is 4.39 Å². The van der Waals surface area contributed by atoms with Gasteiger partial charge in [0.05, 0.1) is 35.4 Å². The predicted octanol–water partition coefficient (Wildman–Crippen LogP) is 3.13. The van der Waals surface area contributed by atoms with Crippen LogP contribution in [0.3, 0.4) is 0 Å². The van der Waals surface area contributed by atoms with Crippen molar-refractivity contribution in [2.75, 3.05) is 11.9 Å². The molecular weight excluding hydrogens is 469 g/mol. The van der Waals surface area contributed by atoms with Gasteiger partial charge < -0.3 is 20.1 Å². The fourth-order valence-corrected chi connectivity index (χ4v) is 4.37. The molecule has 5 heterocycles. The molecule has 0 spiro atoms. The summed E-state index contributed by atoms with van der Waals surface area (Å²) >= 11 is 0. The number of anilines is 2. The maximum absolute atomic E-state index is 15.0. The summed E-state index contributed by atoms with van der Waals surface area (Å²) in [5, 5.41) is 17.2. The van der Waals surface area contributed by atoms with Gasteiger partial charge in [0.15, 0.2) is 23.7 Å². The molecule has 0 saturated carbocycles. The number of fused-ring (bicyclic) bond motifs is 1. The molecule has 1 aliphatic heterocycles. The van der Waals surface area contributed by atoms with Crippen LogP contribution in [0.5, 0.6) is 0 Å². The number of hydrogen-bond acceptors (Lipinski definition) is 8. The van der Waals surface area contributed by atoms with Crippen LogP contribution in [0.1, 0.15) is 36.9 Å². The average molecular weight is 498 g/mol. The van der Waals surface area contributed by atoms with Crippen LogP contribution in [0.25, 0.3) is 16.9 Å². The molecule has 1 saturated heterocycles. The Balaban J connectivity index is 1.36. The number of imidazole rings is 1. The van der Waals surface area contributed by atoms with Crippen molar-refractivity contribution in [1.82, 2.24) is 39.7 Å². The lowest BCUT2D eigenvalue weighted by molar-refractivity contribution is 0.0615. The number of H-pyrrole nitrogens is 1. The standard InChI is InChI=1S/C23H28FN9O3/c1-11(2)27-23(34)36-15-10-35-20(18(15)24)14-8-16(31-30-14)29-22-28-13(4)17(21-25-6-7-33(21)22)19-12(3)9-26-32(19)5/h6-9,11,15,18,20H,10H2,1-5H3,(H,27,34)(H2,28,29,30,31)/t15-,18-,20-/m1/s1. The van der Waals surface area contributed by atoms with Gasteiger partial charge in [0.2, 0.25) is 5.95 Å². The summed E-state index contributed by atoms with van der Waals surface area (Å²) in [6, 6.07) is 1.53. The van der Waals surface area contributed by atoms with Crippen LogP contribution in [-0.2, 0) is 16.5 Å². The Morgan fingerprint density at radius 3 is 2.89 bits per heavy atom. The van der Waals surface area contributed by atoms with Gasteiger partial charge in [-0.2, -0.15) is 10.2 Å². The molecule has 5 rings (SSSR count). The number of aromatic nitrogens is 7. The third kappa shape index (κ3) is 4.26. The summed E-state index contributed by atoms with van der Waals surface area (Å²) < 4.78 is 29.4. The van der Waals surface area contributed by atoms with E-state index in [1.54, 1.807) is 43.2 Å². The van der Waals surface area contributed by atoms with E-state index < -0.39 is 24.5 Å². The van der Waals surface area contributed by atoms with Crippen LogP contribution in [0.15, 0.2) is 24.7 Å². The van der Waals surface area contributed by atoms with Crippen LogP contribution in [0.4, 0.5) is 21.0 Å². The quantitative estimate of drug-likeness (QED) is 0.370. The number of halogens is 1. The highest BCUT2D eigenvalue weighted by atomic mass is 19.1. The maximum Gasteiger partial charge on any atom is 0.407 e. The lowest BCUT2D eigenvalue weighted by atomic mass is 10.1. The molecule has 12 nitrogen and oxygen atoms in total. The second-order valence-electron chi connectivity index (χ2n) is 9.09. The predicted molar refractivity (Wildman–Crippen MR) is 129 cm³/mol. The summed E-state index contributed by atoms with van der Waals surface area (Å²) in [5.74, 6) is 0.923. The molecule has 190 valence electrons. The lowest BCUT2D eigenvalue weighted by Crippen LogP contribution is -2.36. The summed E-state index contributed by atoms with van der Waals surface area (Å²) in [5.41, 5.74) is 4.75. The lowest BCUT2D eigenvalue weighted by Gasteiger charge is -2.16. The van der Waals surface area contributed by atoms with E-state index in [1.165, 1.54) is 0 Å². The second-order valence-corrected chi connectivity index (χ2v) is 9.09. The monoisotopic (exact) mass is 497 g/mol. The topological polar surface area (TPSA) is 136 Å². The van der Waals surface area contributed by atoms with Gasteiger partial charge in [-0.3, -0.25) is 14.2 Å². The van der Waals surface area contributed by atoms with Crippen LogP contribution in [0.2, 0.25) is 0 Å². The number of hydrogen-bond donors (Lipinski definition) is 3. The minimum atomic E-state index is -1.54. The molecule has 3 N–H and O–H groups in total. The highest BCUT2D eigenvalue weighted by Gasteiger charge is 2.42. The van der Waals surface area contributed by atoms with E-state index in [0.717, 1.165) is 28.2 Å². The second kappa shape index (κ2) is 9.22. The molecule has 0 radical (unpaired) electrons. The Hall–Kier alpha value is -4.00. The Bertz CT molecular complexity index is 1390. The number of aryl methyl sites for hydroxylation is 3. The Labute approximate surface area is 206 Å². The van der Waals surface area contributed by atoms with Gasteiger partial charge in [-0.1, -0.05) is 0 Å². The number of carbonyl (C=O) groups is 1. The fourth-order valence-electron chi connectivity index (χ4n) is 4.37. The van der Waals surface area contributed by atoms with Crippen molar-refractivity contribution in [2.45, 2.75) is 52.1 Å². The number of aromatic amines is 1. The molecule has 1 amide bonds. The first-order valence-electron chi connectivity index (χ1n) is 11.6. The molecule has 36 heavy (non-hydrogen) atoms. The average Bonchev–Trinajstić information content (AvgIpc) is 3.59.